The number of H-pyrrole nitrogens is 1. The SMILES string of the molecule is CCC1C#CC2C=CC(c3ccc(O)c(OCCC(Cc4ccc[nH]4)c4ccnc(N)c4)c3)CC(O)C2C(O)CCCC1. The van der Waals surface area contributed by atoms with E-state index in [-0.39, 0.29) is 29.4 Å². The molecule has 7 nitrogen and oxygen atoms in total. The average Bonchev–Trinajstić information content (AvgIpc) is 3.45. The third kappa shape index (κ3) is 8.01. The van der Waals surface area contributed by atoms with Crippen molar-refractivity contribution in [3.8, 4) is 23.3 Å². The number of fused-ring (bicyclic) bond motifs is 1. The molecule has 3 aromatic rings. The van der Waals surface area contributed by atoms with E-state index in [0.717, 1.165) is 48.9 Å². The molecular weight excluding hydrogens is 538 g/mol. The standard InChI is InChI=1S/C36H45N3O4/c1-2-24-6-3-4-8-32(41)36-25(10-9-24)11-12-26(21-33(36)42)27-13-14-31(40)34(22-27)43-19-16-29(20-30-7-5-17-38-30)28-15-18-39-35(37)23-28/h5,7,11-15,17-18,22-26,29,32-33,36,38,40-42H,2-4,6,8,16,19-21H2,1H3,(H2,37,39). The summed E-state index contributed by atoms with van der Waals surface area (Å²) in [5.41, 5.74) is 9.15. The normalized spacial score (nSPS) is 26.4. The number of pyridine rings is 1. The lowest BCUT2D eigenvalue weighted by Crippen LogP contribution is -2.36. The number of allylic oxidation sites excluding steroid dienone is 2. The summed E-state index contributed by atoms with van der Waals surface area (Å²) >= 11 is 0. The molecule has 0 fully saturated rings. The van der Waals surface area contributed by atoms with Crippen LogP contribution in [0, 0.1) is 29.6 Å². The number of aromatic nitrogens is 2. The van der Waals surface area contributed by atoms with Gasteiger partial charge in [-0.1, -0.05) is 49.8 Å². The molecule has 2 aliphatic rings. The van der Waals surface area contributed by atoms with Gasteiger partial charge in [-0.15, -0.1) is 0 Å². The van der Waals surface area contributed by atoms with Gasteiger partial charge in [0, 0.05) is 41.8 Å². The molecule has 7 heteroatoms. The smallest absolute Gasteiger partial charge is 0.161 e. The molecule has 0 amide bonds. The van der Waals surface area contributed by atoms with E-state index in [2.05, 4.69) is 47.0 Å². The maximum atomic E-state index is 11.4. The zero-order valence-electron chi connectivity index (χ0n) is 25.0. The molecule has 6 N–H and O–H groups in total. The first kappa shape index (κ1) is 30.7. The van der Waals surface area contributed by atoms with E-state index >= 15 is 0 Å². The van der Waals surface area contributed by atoms with Crippen molar-refractivity contribution < 1.29 is 20.1 Å². The zero-order chi connectivity index (χ0) is 30.2. The fourth-order valence-electron chi connectivity index (χ4n) is 6.59. The van der Waals surface area contributed by atoms with Crippen molar-refractivity contribution >= 4 is 5.82 Å². The lowest BCUT2D eigenvalue weighted by atomic mass is 9.79. The van der Waals surface area contributed by atoms with Crippen LogP contribution >= 0.6 is 0 Å². The van der Waals surface area contributed by atoms with Gasteiger partial charge >= 0.3 is 0 Å². The van der Waals surface area contributed by atoms with Crippen LogP contribution in [0.25, 0.3) is 0 Å². The summed E-state index contributed by atoms with van der Waals surface area (Å²) in [6, 6.07) is 13.4. The summed E-state index contributed by atoms with van der Waals surface area (Å²) in [7, 11) is 0. The number of benzene rings is 1. The molecule has 228 valence electrons. The Kier molecular flexibility index (Phi) is 10.5. The number of anilines is 1. The van der Waals surface area contributed by atoms with Crippen LogP contribution in [0.5, 0.6) is 11.5 Å². The number of hydrogen-bond acceptors (Lipinski definition) is 6. The second-order valence-corrected chi connectivity index (χ2v) is 12.1. The number of nitrogens with zero attached hydrogens (tertiary/aromatic N) is 1. The molecule has 2 aliphatic carbocycles. The number of rotatable bonds is 9. The van der Waals surface area contributed by atoms with Gasteiger partial charge in [-0.3, -0.25) is 0 Å². The highest BCUT2D eigenvalue weighted by Gasteiger charge is 2.36. The highest BCUT2D eigenvalue weighted by molar-refractivity contribution is 5.44. The predicted molar refractivity (Wildman–Crippen MR) is 170 cm³/mol. The number of ether oxygens (including phenoxy) is 1. The molecule has 5 rings (SSSR count). The summed E-state index contributed by atoms with van der Waals surface area (Å²) < 4.78 is 6.17. The highest BCUT2D eigenvalue weighted by atomic mass is 16.5. The van der Waals surface area contributed by atoms with Crippen LogP contribution in [0.2, 0.25) is 0 Å². The third-order valence-electron chi connectivity index (χ3n) is 9.14. The molecular formula is C36H45N3O4. The number of nitrogens with two attached hydrogens (primary N) is 1. The maximum Gasteiger partial charge on any atom is 0.161 e. The van der Waals surface area contributed by atoms with Crippen molar-refractivity contribution in [1.82, 2.24) is 9.97 Å². The van der Waals surface area contributed by atoms with E-state index in [1.165, 1.54) is 0 Å². The zero-order valence-corrected chi connectivity index (χ0v) is 25.0. The van der Waals surface area contributed by atoms with Crippen molar-refractivity contribution in [3.63, 3.8) is 0 Å². The number of aliphatic hydroxyl groups excluding tert-OH is 2. The van der Waals surface area contributed by atoms with Gasteiger partial charge in [0.15, 0.2) is 11.5 Å². The molecule has 0 radical (unpaired) electrons. The third-order valence-corrected chi connectivity index (χ3v) is 9.14. The molecule has 2 aromatic heterocycles. The first-order valence-electron chi connectivity index (χ1n) is 15.8. The van der Waals surface area contributed by atoms with E-state index in [9.17, 15) is 15.3 Å². The van der Waals surface area contributed by atoms with Gasteiger partial charge in [0.05, 0.1) is 18.8 Å². The topological polar surface area (TPSA) is 125 Å². The molecule has 7 atom stereocenters. The van der Waals surface area contributed by atoms with Gasteiger partial charge in [-0.25, -0.2) is 4.98 Å². The predicted octanol–water partition coefficient (Wildman–Crippen LogP) is 6.09. The minimum absolute atomic E-state index is 0.0806. The fourth-order valence-corrected chi connectivity index (χ4v) is 6.59. The van der Waals surface area contributed by atoms with Crippen molar-refractivity contribution in [2.24, 2.45) is 17.8 Å². The molecule has 2 heterocycles. The van der Waals surface area contributed by atoms with Crippen molar-refractivity contribution in [1.29, 1.82) is 0 Å². The summed E-state index contributed by atoms with van der Waals surface area (Å²) in [5.74, 6) is 7.75. The van der Waals surface area contributed by atoms with E-state index < -0.39 is 12.2 Å². The Morgan fingerprint density at radius 2 is 1.93 bits per heavy atom. The second-order valence-electron chi connectivity index (χ2n) is 12.1. The van der Waals surface area contributed by atoms with Crippen molar-refractivity contribution in [2.75, 3.05) is 12.3 Å². The first-order chi connectivity index (χ1) is 20.9. The highest BCUT2D eigenvalue weighted by Crippen LogP contribution is 2.39. The maximum absolute atomic E-state index is 11.4. The van der Waals surface area contributed by atoms with E-state index in [4.69, 9.17) is 10.5 Å². The molecule has 1 aromatic carbocycles. The van der Waals surface area contributed by atoms with Gasteiger partial charge < -0.3 is 30.8 Å². The lowest BCUT2D eigenvalue weighted by Gasteiger charge is -2.31. The van der Waals surface area contributed by atoms with Crippen LogP contribution in [0.3, 0.4) is 0 Å². The molecule has 0 aliphatic heterocycles. The Bertz CT molecular complexity index is 1410. The quantitative estimate of drug-likeness (QED) is 0.153. The molecule has 0 saturated carbocycles. The van der Waals surface area contributed by atoms with Gasteiger partial charge in [0.1, 0.15) is 5.82 Å². The number of aromatic hydroxyl groups is 1. The van der Waals surface area contributed by atoms with Crippen LogP contribution in [-0.4, -0.2) is 44.1 Å². The van der Waals surface area contributed by atoms with E-state index in [0.29, 0.717) is 43.4 Å². The van der Waals surface area contributed by atoms with Gasteiger partial charge in [0.25, 0.3) is 0 Å². The molecule has 0 bridgehead atoms. The second kappa shape index (κ2) is 14.6. The summed E-state index contributed by atoms with van der Waals surface area (Å²) in [4.78, 5) is 7.42. The molecule has 7 unspecified atom stereocenters. The Balaban J connectivity index is 1.31. The Morgan fingerprint density at radius 3 is 2.72 bits per heavy atom. The lowest BCUT2D eigenvalue weighted by molar-refractivity contribution is -0.00705. The molecule has 0 spiro atoms. The number of phenols is 1. The van der Waals surface area contributed by atoms with Crippen LogP contribution < -0.4 is 10.5 Å². The Hall–Kier alpha value is -3.73. The number of hydrogen-bond donors (Lipinski definition) is 5. The van der Waals surface area contributed by atoms with Gasteiger partial charge in [0.2, 0.25) is 0 Å². The monoisotopic (exact) mass is 583 g/mol. The van der Waals surface area contributed by atoms with Gasteiger partial charge in [-0.2, -0.15) is 0 Å². The molecule has 0 saturated heterocycles. The van der Waals surface area contributed by atoms with Crippen LogP contribution in [0.1, 0.15) is 80.5 Å². The number of nitrogens with one attached hydrogen (secondary N) is 1. The minimum Gasteiger partial charge on any atom is -0.504 e. The number of nitrogen functional groups attached to an aromatic ring is 1. The number of phenolic OH excluding ortho intramolecular Hbond substituents is 1. The van der Waals surface area contributed by atoms with Crippen molar-refractivity contribution in [2.45, 2.75) is 82.3 Å². The summed E-state index contributed by atoms with van der Waals surface area (Å²) in [6.07, 6.45) is 13.3. The van der Waals surface area contributed by atoms with Crippen LogP contribution in [0.4, 0.5) is 5.82 Å². The Morgan fingerprint density at radius 1 is 1.07 bits per heavy atom. The minimum atomic E-state index is -0.700. The van der Waals surface area contributed by atoms with E-state index in [1.807, 2.05) is 36.5 Å². The van der Waals surface area contributed by atoms with Crippen LogP contribution in [0.15, 0.2) is 67.0 Å². The summed E-state index contributed by atoms with van der Waals surface area (Å²) in [6.45, 7) is 2.57. The first-order valence-corrected chi connectivity index (χ1v) is 15.8. The van der Waals surface area contributed by atoms with Gasteiger partial charge in [-0.05, 0) is 92.0 Å². The van der Waals surface area contributed by atoms with Crippen molar-refractivity contribution in [3.05, 3.63) is 83.8 Å². The fraction of sp³-hybridized carbons (Fsp3) is 0.472. The molecule has 43 heavy (non-hydrogen) atoms. The van der Waals surface area contributed by atoms with E-state index in [1.54, 1.807) is 12.3 Å². The average molecular weight is 584 g/mol. The summed E-state index contributed by atoms with van der Waals surface area (Å²) in [5, 5.41) is 33.1. The number of aromatic amines is 1. The largest absolute Gasteiger partial charge is 0.504 e. The number of aliphatic hydroxyl groups is 2. The van der Waals surface area contributed by atoms with Crippen LogP contribution in [-0.2, 0) is 6.42 Å². The Labute approximate surface area is 255 Å².